The Balaban J connectivity index is 1.85. The molecule has 6 nitrogen and oxygen atoms in total. The first-order valence-electron chi connectivity index (χ1n) is 6.95. The number of nitrogens with zero attached hydrogens (tertiary/aromatic N) is 1. The number of thiazole rings is 1. The minimum Gasteiger partial charge on any atom is -0.478 e. The molecule has 0 saturated heterocycles. The number of hydrogen-bond acceptors (Lipinski definition) is 5. The van der Waals surface area contributed by atoms with Crippen molar-refractivity contribution in [3.8, 4) is 0 Å². The molecule has 120 valence electrons. The molecule has 8 heteroatoms. The fourth-order valence-corrected chi connectivity index (χ4v) is 4.21. The van der Waals surface area contributed by atoms with Crippen molar-refractivity contribution in [2.24, 2.45) is 0 Å². The van der Waals surface area contributed by atoms with E-state index in [0.717, 1.165) is 19.5 Å². The van der Waals surface area contributed by atoms with Gasteiger partial charge in [-0.05, 0) is 26.8 Å². The number of amides is 1. The smallest absolute Gasteiger partial charge is 0.338 e. The van der Waals surface area contributed by atoms with Crippen LogP contribution in [0.15, 0.2) is 12.3 Å². The summed E-state index contributed by atoms with van der Waals surface area (Å²) < 4.78 is 0.766. The highest BCUT2D eigenvalue weighted by Crippen LogP contribution is 2.31. The molecule has 3 rings (SSSR count). The third kappa shape index (κ3) is 2.87. The number of aromatic carboxylic acids is 1. The number of carbonyl (C=O) groups is 2. The quantitative estimate of drug-likeness (QED) is 0.672. The number of aryl methyl sites for hydroxylation is 2. The van der Waals surface area contributed by atoms with Crippen molar-refractivity contribution in [2.45, 2.75) is 26.8 Å². The number of aromatic amines is 1. The lowest BCUT2D eigenvalue weighted by molar-refractivity contribution is 0.0698. The summed E-state index contributed by atoms with van der Waals surface area (Å²) in [6.07, 6.45) is 1.77. The summed E-state index contributed by atoms with van der Waals surface area (Å²) in [5.74, 6) is -1.27. The maximum Gasteiger partial charge on any atom is 0.338 e. The summed E-state index contributed by atoms with van der Waals surface area (Å²) in [7, 11) is 0. The van der Waals surface area contributed by atoms with Gasteiger partial charge in [-0.15, -0.1) is 22.7 Å². The fraction of sp³-hybridized carbons (Fsp3) is 0.267. The summed E-state index contributed by atoms with van der Waals surface area (Å²) in [6.45, 7) is 5.59. The molecular formula is C15H15N3O3S2. The van der Waals surface area contributed by atoms with Crippen LogP contribution in [-0.4, -0.2) is 27.0 Å². The molecule has 0 aliphatic heterocycles. The summed E-state index contributed by atoms with van der Waals surface area (Å²) in [5.41, 5.74) is 1.09. The number of fused-ring (bicyclic) bond motifs is 1. The molecule has 0 aromatic carbocycles. The zero-order valence-electron chi connectivity index (χ0n) is 12.8. The number of H-pyrrole nitrogens is 1. The standard InChI is InChI=1S/C15H15N3O3S2/c1-6-5-16-14(22-6)7(2)17-13(19)9-4-10-12(18-9)11(15(20)21)8(3)23-10/h4-5,7,18H,1-3H3,(H,17,19)(H,20,21). The van der Waals surface area contributed by atoms with Crippen LogP contribution >= 0.6 is 22.7 Å². The number of nitrogens with one attached hydrogen (secondary N) is 2. The molecule has 23 heavy (non-hydrogen) atoms. The molecule has 3 aromatic heterocycles. The van der Waals surface area contributed by atoms with Crippen LogP contribution in [0.4, 0.5) is 0 Å². The average Bonchev–Trinajstić information content (AvgIpc) is 3.11. The number of rotatable bonds is 4. The van der Waals surface area contributed by atoms with E-state index < -0.39 is 5.97 Å². The second kappa shape index (κ2) is 5.78. The van der Waals surface area contributed by atoms with E-state index in [2.05, 4.69) is 15.3 Å². The number of aromatic nitrogens is 2. The number of carboxylic acids is 1. The number of hydrogen-bond donors (Lipinski definition) is 3. The largest absolute Gasteiger partial charge is 0.478 e. The van der Waals surface area contributed by atoms with Crippen LogP contribution in [0.5, 0.6) is 0 Å². The monoisotopic (exact) mass is 349 g/mol. The van der Waals surface area contributed by atoms with Crippen molar-refractivity contribution in [2.75, 3.05) is 0 Å². The van der Waals surface area contributed by atoms with Gasteiger partial charge in [0.1, 0.15) is 10.7 Å². The first kappa shape index (κ1) is 15.7. The SMILES string of the molecule is Cc1cnc(C(C)NC(=O)c2cc3sc(C)c(C(=O)O)c3[nH]2)s1. The second-order valence-corrected chi connectivity index (χ2v) is 7.79. The Morgan fingerprint density at radius 2 is 2.09 bits per heavy atom. The Hall–Kier alpha value is -2.19. The van der Waals surface area contributed by atoms with E-state index >= 15 is 0 Å². The van der Waals surface area contributed by atoms with Crippen LogP contribution in [0.1, 0.15) is 48.6 Å². The third-order valence-corrected chi connectivity index (χ3v) is 5.61. The van der Waals surface area contributed by atoms with Crippen molar-refractivity contribution in [1.82, 2.24) is 15.3 Å². The fourth-order valence-electron chi connectivity index (χ4n) is 2.38. The first-order chi connectivity index (χ1) is 10.9. The van der Waals surface area contributed by atoms with Gasteiger partial charge in [0.15, 0.2) is 0 Å². The van der Waals surface area contributed by atoms with E-state index in [4.69, 9.17) is 0 Å². The van der Waals surface area contributed by atoms with Gasteiger partial charge in [0.2, 0.25) is 0 Å². The van der Waals surface area contributed by atoms with Gasteiger partial charge in [0.25, 0.3) is 5.91 Å². The van der Waals surface area contributed by atoms with Gasteiger partial charge < -0.3 is 15.4 Å². The van der Waals surface area contributed by atoms with E-state index in [-0.39, 0.29) is 17.5 Å². The molecule has 0 radical (unpaired) electrons. The number of thiophene rings is 1. The lowest BCUT2D eigenvalue weighted by Crippen LogP contribution is -2.26. The number of carbonyl (C=O) groups excluding carboxylic acids is 1. The third-order valence-electron chi connectivity index (χ3n) is 3.46. The Morgan fingerprint density at radius 3 is 2.70 bits per heavy atom. The zero-order valence-corrected chi connectivity index (χ0v) is 14.4. The Morgan fingerprint density at radius 1 is 1.35 bits per heavy atom. The summed E-state index contributed by atoms with van der Waals surface area (Å²) in [5, 5.41) is 13.0. The Bertz CT molecular complexity index is 906. The molecule has 0 bridgehead atoms. The van der Waals surface area contributed by atoms with Crippen LogP contribution in [0.3, 0.4) is 0 Å². The highest BCUT2D eigenvalue weighted by molar-refractivity contribution is 7.19. The van der Waals surface area contributed by atoms with Crippen molar-refractivity contribution >= 4 is 44.8 Å². The molecule has 1 amide bonds. The maximum atomic E-state index is 12.4. The van der Waals surface area contributed by atoms with Gasteiger partial charge in [0.05, 0.1) is 21.8 Å². The molecule has 3 N–H and O–H groups in total. The van der Waals surface area contributed by atoms with Gasteiger partial charge in [0, 0.05) is 16.0 Å². The van der Waals surface area contributed by atoms with Gasteiger partial charge in [-0.25, -0.2) is 9.78 Å². The van der Waals surface area contributed by atoms with E-state index in [1.807, 2.05) is 13.8 Å². The lowest BCUT2D eigenvalue weighted by Gasteiger charge is -2.10. The van der Waals surface area contributed by atoms with E-state index in [9.17, 15) is 14.7 Å². The van der Waals surface area contributed by atoms with Crippen LogP contribution < -0.4 is 5.32 Å². The second-order valence-electron chi connectivity index (χ2n) is 5.26. The summed E-state index contributed by atoms with van der Waals surface area (Å²) >= 11 is 2.90. The van der Waals surface area contributed by atoms with Gasteiger partial charge in [-0.1, -0.05) is 0 Å². The highest BCUT2D eigenvalue weighted by atomic mass is 32.1. The molecule has 1 unspecified atom stereocenters. The molecule has 0 saturated carbocycles. The first-order valence-corrected chi connectivity index (χ1v) is 8.58. The van der Waals surface area contributed by atoms with Gasteiger partial charge in [-0.3, -0.25) is 4.79 Å². The topological polar surface area (TPSA) is 95.1 Å². The van der Waals surface area contributed by atoms with Gasteiger partial charge >= 0.3 is 5.97 Å². The molecular weight excluding hydrogens is 334 g/mol. The minimum atomic E-state index is -0.991. The highest BCUT2D eigenvalue weighted by Gasteiger charge is 2.21. The molecule has 3 heterocycles. The summed E-state index contributed by atoms with van der Waals surface area (Å²) in [6, 6.07) is 1.48. The molecule has 3 aromatic rings. The van der Waals surface area contributed by atoms with Crippen LogP contribution in [-0.2, 0) is 0 Å². The molecule has 0 spiro atoms. The molecule has 0 aliphatic rings. The lowest BCUT2D eigenvalue weighted by atomic mass is 10.2. The normalized spacial score (nSPS) is 12.5. The van der Waals surface area contributed by atoms with E-state index in [0.29, 0.717) is 11.2 Å². The Kier molecular flexibility index (Phi) is 3.95. The zero-order chi connectivity index (χ0) is 16.7. The average molecular weight is 349 g/mol. The van der Waals surface area contributed by atoms with Crippen molar-refractivity contribution in [3.05, 3.63) is 38.3 Å². The minimum absolute atomic E-state index is 0.205. The van der Waals surface area contributed by atoms with E-state index in [1.165, 1.54) is 22.7 Å². The Labute approximate surface area is 140 Å². The van der Waals surface area contributed by atoms with Crippen molar-refractivity contribution < 1.29 is 14.7 Å². The van der Waals surface area contributed by atoms with Crippen LogP contribution in [0.25, 0.3) is 10.2 Å². The van der Waals surface area contributed by atoms with Crippen molar-refractivity contribution in [3.63, 3.8) is 0 Å². The molecule has 0 aliphatic carbocycles. The maximum absolute atomic E-state index is 12.4. The van der Waals surface area contributed by atoms with E-state index in [1.54, 1.807) is 19.2 Å². The van der Waals surface area contributed by atoms with Crippen LogP contribution in [0.2, 0.25) is 0 Å². The number of carboxylic acid groups (broad SMARTS) is 1. The summed E-state index contributed by atoms with van der Waals surface area (Å²) in [4.78, 5) is 32.7. The predicted octanol–water partition coefficient (Wildman–Crippen LogP) is 3.49. The van der Waals surface area contributed by atoms with Crippen LogP contribution in [0, 0.1) is 13.8 Å². The van der Waals surface area contributed by atoms with Gasteiger partial charge in [-0.2, -0.15) is 0 Å². The predicted molar refractivity (Wildman–Crippen MR) is 90.6 cm³/mol. The van der Waals surface area contributed by atoms with Crippen molar-refractivity contribution in [1.29, 1.82) is 0 Å². The molecule has 1 atom stereocenters. The molecule has 0 fully saturated rings.